The molecule has 1 aliphatic heterocycles. The van der Waals surface area contributed by atoms with E-state index in [1.54, 1.807) is 12.1 Å². The van der Waals surface area contributed by atoms with Crippen molar-refractivity contribution < 1.29 is 37.2 Å². The average molecular weight is 650 g/mol. The number of nitrogens with one attached hydrogen (secondary N) is 1. The van der Waals surface area contributed by atoms with E-state index in [0.29, 0.717) is 35.1 Å². The lowest BCUT2D eigenvalue weighted by Gasteiger charge is -2.13. The van der Waals surface area contributed by atoms with Crippen molar-refractivity contribution >= 4 is 62.2 Å². The molecule has 41 heavy (non-hydrogen) atoms. The molecular formula is C27H19BrF3N3O6S. The Morgan fingerprint density at radius 2 is 1.78 bits per heavy atom. The van der Waals surface area contributed by atoms with Gasteiger partial charge in [-0.25, -0.2) is 0 Å². The van der Waals surface area contributed by atoms with Crippen LogP contribution in [-0.2, 0) is 15.8 Å². The van der Waals surface area contributed by atoms with Crippen molar-refractivity contribution in [3.8, 4) is 11.5 Å². The van der Waals surface area contributed by atoms with Crippen LogP contribution >= 0.6 is 27.7 Å². The highest BCUT2D eigenvalue weighted by molar-refractivity contribution is 9.10. The summed E-state index contributed by atoms with van der Waals surface area (Å²) in [5, 5.41) is 13.4. The summed E-state index contributed by atoms with van der Waals surface area (Å²) in [5.74, 6) is -1.55. The summed E-state index contributed by atoms with van der Waals surface area (Å²) in [6.45, 7) is 3.34. The summed E-state index contributed by atoms with van der Waals surface area (Å²) in [6, 6.07) is 11.6. The number of nitro groups is 1. The normalized spacial score (nSPS) is 14.5. The van der Waals surface area contributed by atoms with Crippen LogP contribution in [0.2, 0.25) is 0 Å². The molecule has 1 N–H and O–H groups in total. The molecule has 0 aliphatic carbocycles. The van der Waals surface area contributed by atoms with Crippen molar-refractivity contribution in [3.63, 3.8) is 0 Å². The third kappa shape index (κ3) is 6.95. The number of nitrogens with zero attached hydrogens (tertiary/aromatic N) is 2. The van der Waals surface area contributed by atoms with Crippen LogP contribution in [0, 0.1) is 24.0 Å². The van der Waals surface area contributed by atoms with Crippen LogP contribution in [0.5, 0.6) is 11.5 Å². The highest BCUT2D eigenvalue weighted by atomic mass is 79.9. The largest absolute Gasteiger partial charge is 0.449 e. The first-order valence-corrected chi connectivity index (χ1v) is 13.3. The maximum absolute atomic E-state index is 13.0. The molecule has 0 bridgehead atoms. The third-order valence-corrected chi connectivity index (χ3v) is 7.45. The molecular weight excluding hydrogens is 631 g/mol. The van der Waals surface area contributed by atoms with Crippen LogP contribution in [0.25, 0.3) is 6.08 Å². The number of nitro benzene ring substituents is 1. The summed E-state index contributed by atoms with van der Waals surface area (Å²) < 4.78 is 44.7. The number of thioether (sulfide) groups is 1. The quantitative estimate of drug-likeness (QED) is 0.160. The molecule has 9 nitrogen and oxygen atoms in total. The van der Waals surface area contributed by atoms with Gasteiger partial charge in [-0.3, -0.25) is 29.4 Å². The average Bonchev–Trinajstić information content (AvgIpc) is 3.14. The van der Waals surface area contributed by atoms with Crippen molar-refractivity contribution in [2.24, 2.45) is 0 Å². The van der Waals surface area contributed by atoms with Crippen molar-refractivity contribution in [1.82, 2.24) is 4.90 Å². The maximum atomic E-state index is 13.0. The van der Waals surface area contributed by atoms with Gasteiger partial charge in [0.25, 0.3) is 11.1 Å². The molecule has 0 radical (unpaired) electrons. The van der Waals surface area contributed by atoms with E-state index in [4.69, 9.17) is 4.74 Å². The minimum atomic E-state index is -4.77. The number of carbonyl (C=O) groups is 3. The third-order valence-electron chi connectivity index (χ3n) is 5.92. The Balaban J connectivity index is 1.47. The van der Waals surface area contributed by atoms with Crippen LogP contribution in [0.1, 0.15) is 22.3 Å². The zero-order valence-corrected chi connectivity index (χ0v) is 23.6. The van der Waals surface area contributed by atoms with Crippen LogP contribution in [0.15, 0.2) is 64.0 Å². The Kier molecular flexibility index (Phi) is 8.54. The summed E-state index contributed by atoms with van der Waals surface area (Å²) >= 11 is 3.90. The number of halogens is 4. The monoisotopic (exact) mass is 649 g/mol. The molecule has 0 unspecified atom stereocenters. The Morgan fingerprint density at radius 1 is 1.07 bits per heavy atom. The second kappa shape index (κ2) is 11.7. The predicted molar refractivity (Wildman–Crippen MR) is 150 cm³/mol. The van der Waals surface area contributed by atoms with E-state index in [-0.39, 0.29) is 15.1 Å². The van der Waals surface area contributed by atoms with Gasteiger partial charge in [0.2, 0.25) is 11.7 Å². The Morgan fingerprint density at radius 3 is 2.41 bits per heavy atom. The van der Waals surface area contributed by atoms with E-state index in [2.05, 4.69) is 21.2 Å². The van der Waals surface area contributed by atoms with Gasteiger partial charge in [-0.2, -0.15) is 13.2 Å². The topological polar surface area (TPSA) is 119 Å². The van der Waals surface area contributed by atoms with Crippen LogP contribution in [0.4, 0.5) is 29.3 Å². The molecule has 0 spiro atoms. The molecule has 1 heterocycles. The first kappa shape index (κ1) is 29.8. The van der Waals surface area contributed by atoms with Gasteiger partial charge in [0.15, 0.2) is 0 Å². The molecule has 0 atom stereocenters. The number of amides is 3. The Hall–Kier alpha value is -4.17. The second-order valence-corrected chi connectivity index (χ2v) is 10.7. The Bertz CT molecular complexity index is 1630. The van der Waals surface area contributed by atoms with Crippen molar-refractivity contribution in [1.29, 1.82) is 0 Å². The minimum Gasteiger partial charge on any atom is -0.449 e. The molecule has 0 saturated carbocycles. The molecule has 212 valence electrons. The number of alkyl halides is 3. The number of benzene rings is 3. The lowest BCUT2D eigenvalue weighted by molar-refractivity contribution is -0.385. The van der Waals surface area contributed by atoms with Gasteiger partial charge in [-0.05, 0) is 101 Å². The lowest BCUT2D eigenvalue weighted by Crippen LogP contribution is -2.36. The first-order valence-electron chi connectivity index (χ1n) is 11.7. The molecule has 1 aliphatic rings. The van der Waals surface area contributed by atoms with E-state index >= 15 is 0 Å². The maximum Gasteiger partial charge on any atom is 0.416 e. The van der Waals surface area contributed by atoms with Gasteiger partial charge >= 0.3 is 11.9 Å². The molecule has 1 saturated heterocycles. The summed E-state index contributed by atoms with van der Waals surface area (Å²) in [4.78, 5) is 49.0. The van der Waals surface area contributed by atoms with Crippen LogP contribution < -0.4 is 10.1 Å². The molecule has 3 aromatic carbocycles. The van der Waals surface area contributed by atoms with Gasteiger partial charge < -0.3 is 10.1 Å². The van der Waals surface area contributed by atoms with E-state index in [1.165, 1.54) is 24.3 Å². The standard InChI is InChI=1S/C27H19BrF3N3O6S/c1-14-3-6-18(9-15(14)2)32-24(35)13-33-25(36)23(41-26(33)37)11-16-4-7-21(19(28)10-16)40-22-8-5-17(27(29,30)31)12-20(22)34(38)39/h3-12H,13H2,1-2H3,(H,32,35)/b23-11+. The highest BCUT2D eigenvalue weighted by Crippen LogP contribution is 2.40. The summed E-state index contributed by atoms with van der Waals surface area (Å²) in [6.07, 6.45) is -3.35. The fourth-order valence-electron chi connectivity index (χ4n) is 3.68. The van der Waals surface area contributed by atoms with Crippen LogP contribution in [-0.4, -0.2) is 33.4 Å². The zero-order valence-electron chi connectivity index (χ0n) is 21.2. The smallest absolute Gasteiger partial charge is 0.416 e. The molecule has 14 heteroatoms. The molecule has 1 fully saturated rings. The number of aryl methyl sites for hydroxylation is 2. The van der Waals surface area contributed by atoms with Gasteiger partial charge in [0.05, 0.1) is 19.9 Å². The number of carbonyl (C=O) groups excluding carboxylic acids is 3. The van der Waals surface area contributed by atoms with Gasteiger partial charge in [0.1, 0.15) is 12.3 Å². The van der Waals surface area contributed by atoms with Crippen molar-refractivity contribution in [3.05, 3.63) is 96.3 Å². The predicted octanol–water partition coefficient (Wildman–Crippen LogP) is 7.46. The van der Waals surface area contributed by atoms with E-state index in [9.17, 15) is 37.7 Å². The van der Waals surface area contributed by atoms with Gasteiger partial charge in [0, 0.05) is 11.8 Å². The minimum absolute atomic E-state index is 0.0566. The number of imide groups is 1. The van der Waals surface area contributed by atoms with Gasteiger partial charge in [-0.15, -0.1) is 0 Å². The number of anilines is 1. The lowest BCUT2D eigenvalue weighted by atomic mass is 10.1. The molecule has 4 rings (SSSR count). The second-order valence-electron chi connectivity index (χ2n) is 8.84. The molecule has 3 amide bonds. The van der Waals surface area contributed by atoms with Gasteiger partial charge in [-0.1, -0.05) is 12.1 Å². The van der Waals surface area contributed by atoms with E-state index < -0.39 is 51.7 Å². The fourth-order valence-corrected chi connectivity index (χ4v) is 5.00. The number of rotatable bonds is 7. The number of hydrogen-bond donors (Lipinski definition) is 1. The zero-order chi connectivity index (χ0) is 30.1. The molecule has 0 aromatic heterocycles. The van der Waals surface area contributed by atoms with Crippen molar-refractivity contribution in [2.75, 3.05) is 11.9 Å². The fraction of sp³-hybridized carbons (Fsp3) is 0.148. The highest BCUT2D eigenvalue weighted by Gasteiger charge is 2.36. The number of hydrogen-bond acceptors (Lipinski definition) is 7. The Labute approximate surface area is 243 Å². The first-order chi connectivity index (χ1) is 19.2. The number of ether oxygens (including phenoxy) is 1. The SMILES string of the molecule is Cc1ccc(NC(=O)CN2C(=O)S/C(=C/c3ccc(Oc4ccc(C(F)(F)F)cc4[N+](=O)[O-])c(Br)c3)C2=O)cc1C. The van der Waals surface area contributed by atoms with Crippen molar-refractivity contribution in [2.45, 2.75) is 20.0 Å². The van der Waals surface area contributed by atoms with E-state index in [0.717, 1.165) is 22.1 Å². The molecule has 3 aromatic rings. The summed E-state index contributed by atoms with van der Waals surface area (Å²) in [5.41, 5.74) is 0.933. The summed E-state index contributed by atoms with van der Waals surface area (Å²) in [7, 11) is 0. The van der Waals surface area contributed by atoms with E-state index in [1.807, 2.05) is 19.9 Å². The van der Waals surface area contributed by atoms with Crippen LogP contribution in [0.3, 0.4) is 0 Å².